The molecule has 0 aliphatic rings. The van der Waals surface area contributed by atoms with E-state index in [4.69, 9.17) is 4.74 Å². The zero-order valence-corrected chi connectivity index (χ0v) is 12.6. The van der Waals surface area contributed by atoms with E-state index in [1.165, 1.54) is 7.11 Å². The predicted molar refractivity (Wildman–Crippen MR) is 82.0 cm³/mol. The fourth-order valence-electron chi connectivity index (χ4n) is 2.14. The van der Waals surface area contributed by atoms with Crippen LogP contribution in [0.3, 0.4) is 0 Å². The summed E-state index contributed by atoms with van der Waals surface area (Å²) in [7, 11) is 1.31. The van der Waals surface area contributed by atoms with E-state index < -0.39 is 12.0 Å². The third kappa shape index (κ3) is 4.15. The SMILES string of the molecule is COC(=O)[C@@H](NC(=O)Cc1ccncc1)c1cccc(C)c1. The monoisotopic (exact) mass is 298 g/mol. The lowest BCUT2D eigenvalue weighted by Crippen LogP contribution is -2.35. The van der Waals surface area contributed by atoms with Crippen LogP contribution in [0.5, 0.6) is 0 Å². The Balaban J connectivity index is 2.13. The van der Waals surface area contributed by atoms with Crippen LogP contribution >= 0.6 is 0 Å². The van der Waals surface area contributed by atoms with E-state index in [1.807, 2.05) is 25.1 Å². The van der Waals surface area contributed by atoms with Crippen LogP contribution in [0, 0.1) is 6.92 Å². The molecule has 22 heavy (non-hydrogen) atoms. The molecule has 1 aromatic heterocycles. The van der Waals surface area contributed by atoms with Crippen LogP contribution in [0.4, 0.5) is 0 Å². The maximum atomic E-state index is 12.2. The summed E-state index contributed by atoms with van der Waals surface area (Å²) in [6.45, 7) is 1.93. The van der Waals surface area contributed by atoms with E-state index in [9.17, 15) is 9.59 Å². The molecule has 2 aromatic rings. The lowest BCUT2D eigenvalue weighted by Gasteiger charge is -2.17. The fourth-order valence-corrected chi connectivity index (χ4v) is 2.14. The van der Waals surface area contributed by atoms with Gasteiger partial charge >= 0.3 is 5.97 Å². The maximum absolute atomic E-state index is 12.2. The second-order valence-corrected chi connectivity index (χ2v) is 4.97. The van der Waals surface area contributed by atoms with Gasteiger partial charge in [0.25, 0.3) is 0 Å². The Morgan fingerprint density at radius 3 is 2.59 bits per heavy atom. The summed E-state index contributed by atoms with van der Waals surface area (Å²) in [6, 6.07) is 10.1. The number of aryl methyl sites for hydroxylation is 1. The Morgan fingerprint density at radius 2 is 1.95 bits per heavy atom. The van der Waals surface area contributed by atoms with Gasteiger partial charge in [-0.15, -0.1) is 0 Å². The standard InChI is InChI=1S/C17H18N2O3/c1-12-4-3-5-14(10-12)16(17(21)22-2)19-15(20)11-13-6-8-18-9-7-13/h3-10,16H,11H2,1-2H3,(H,19,20)/t16-/m0/s1. The third-order valence-electron chi connectivity index (χ3n) is 3.23. The molecule has 1 heterocycles. The lowest BCUT2D eigenvalue weighted by molar-refractivity contribution is -0.145. The lowest BCUT2D eigenvalue weighted by atomic mass is 10.0. The number of carbonyl (C=O) groups is 2. The number of hydrogen-bond donors (Lipinski definition) is 1. The van der Waals surface area contributed by atoms with Gasteiger partial charge in [0.15, 0.2) is 6.04 Å². The van der Waals surface area contributed by atoms with Crippen LogP contribution in [0.1, 0.15) is 22.7 Å². The van der Waals surface area contributed by atoms with Crippen LogP contribution in [-0.2, 0) is 20.7 Å². The molecule has 0 saturated heterocycles. The zero-order valence-electron chi connectivity index (χ0n) is 12.6. The van der Waals surface area contributed by atoms with Gasteiger partial charge in [0.2, 0.25) is 5.91 Å². The first-order valence-corrected chi connectivity index (χ1v) is 6.93. The highest BCUT2D eigenvalue weighted by molar-refractivity contribution is 5.86. The number of rotatable bonds is 5. The molecule has 0 aliphatic heterocycles. The van der Waals surface area contributed by atoms with Gasteiger partial charge < -0.3 is 10.1 Å². The Morgan fingerprint density at radius 1 is 1.23 bits per heavy atom. The van der Waals surface area contributed by atoms with Gasteiger partial charge in [-0.1, -0.05) is 29.8 Å². The number of nitrogens with zero attached hydrogens (tertiary/aromatic N) is 1. The topological polar surface area (TPSA) is 68.3 Å². The number of methoxy groups -OCH3 is 1. The van der Waals surface area contributed by atoms with Gasteiger partial charge in [0.05, 0.1) is 13.5 Å². The van der Waals surface area contributed by atoms with Crippen LogP contribution in [0.2, 0.25) is 0 Å². The fraction of sp³-hybridized carbons (Fsp3) is 0.235. The van der Waals surface area contributed by atoms with Crippen molar-refractivity contribution in [1.82, 2.24) is 10.3 Å². The minimum absolute atomic E-state index is 0.182. The number of nitrogens with one attached hydrogen (secondary N) is 1. The molecule has 1 aromatic carbocycles. The Hall–Kier alpha value is -2.69. The number of carbonyl (C=O) groups excluding carboxylic acids is 2. The number of esters is 1. The van der Waals surface area contributed by atoms with Crippen molar-refractivity contribution in [2.75, 3.05) is 7.11 Å². The molecule has 0 aliphatic carbocycles. The number of hydrogen-bond acceptors (Lipinski definition) is 4. The number of amides is 1. The molecule has 1 amide bonds. The number of ether oxygens (including phenoxy) is 1. The quantitative estimate of drug-likeness (QED) is 0.857. The summed E-state index contributed by atoms with van der Waals surface area (Å²) in [5.41, 5.74) is 2.55. The average molecular weight is 298 g/mol. The smallest absolute Gasteiger partial charge is 0.333 e. The molecule has 5 heteroatoms. The van der Waals surface area contributed by atoms with Gasteiger partial charge in [0, 0.05) is 12.4 Å². The predicted octanol–water partition coefficient (Wildman–Crippen LogP) is 1.96. The van der Waals surface area contributed by atoms with Crippen LogP contribution < -0.4 is 5.32 Å². The van der Waals surface area contributed by atoms with Gasteiger partial charge in [0.1, 0.15) is 0 Å². The summed E-state index contributed by atoms with van der Waals surface area (Å²) in [4.78, 5) is 28.0. The van der Waals surface area contributed by atoms with E-state index in [-0.39, 0.29) is 12.3 Å². The van der Waals surface area contributed by atoms with Crippen molar-refractivity contribution in [3.8, 4) is 0 Å². The zero-order chi connectivity index (χ0) is 15.9. The van der Waals surface area contributed by atoms with E-state index in [0.717, 1.165) is 11.1 Å². The third-order valence-corrected chi connectivity index (χ3v) is 3.23. The number of benzene rings is 1. The minimum atomic E-state index is -0.806. The molecule has 114 valence electrons. The van der Waals surface area contributed by atoms with E-state index in [2.05, 4.69) is 10.3 Å². The van der Waals surface area contributed by atoms with E-state index in [0.29, 0.717) is 5.56 Å². The van der Waals surface area contributed by atoms with Crippen molar-refractivity contribution in [3.63, 3.8) is 0 Å². The van der Waals surface area contributed by atoms with Crippen molar-refractivity contribution in [2.24, 2.45) is 0 Å². The Labute approximate surface area is 129 Å². The first kappa shape index (κ1) is 15.7. The van der Waals surface area contributed by atoms with E-state index in [1.54, 1.807) is 30.6 Å². The highest BCUT2D eigenvalue weighted by Crippen LogP contribution is 2.16. The summed E-state index contributed by atoms with van der Waals surface area (Å²) in [5.74, 6) is -0.739. The van der Waals surface area contributed by atoms with Gasteiger partial charge in [-0.25, -0.2) is 4.79 Å². The van der Waals surface area contributed by atoms with Crippen molar-refractivity contribution in [2.45, 2.75) is 19.4 Å². The van der Waals surface area contributed by atoms with Crippen molar-refractivity contribution in [3.05, 3.63) is 65.5 Å². The summed E-state index contributed by atoms with van der Waals surface area (Å²) < 4.78 is 4.79. The molecule has 0 spiro atoms. The molecule has 0 saturated carbocycles. The van der Waals surface area contributed by atoms with E-state index >= 15 is 0 Å². The molecule has 1 N–H and O–H groups in total. The molecule has 0 bridgehead atoms. The summed E-state index contributed by atoms with van der Waals surface area (Å²) in [5, 5.41) is 2.73. The van der Waals surface area contributed by atoms with Gasteiger partial charge in [-0.05, 0) is 30.2 Å². The second-order valence-electron chi connectivity index (χ2n) is 4.97. The first-order valence-electron chi connectivity index (χ1n) is 6.93. The number of pyridine rings is 1. The van der Waals surface area contributed by atoms with Crippen molar-refractivity contribution in [1.29, 1.82) is 0 Å². The largest absolute Gasteiger partial charge is 0.467 e. The van der Waals surface area contributed by atoms with Crippen molar-refractivity contribution < 1.29 is 14.3 Å². The maximum Gasteiger partial charge on any atom is 0.333 e. The summed E-state index contributed by atoms with van der Waals surface area (Å²) in [6.07, 6.45) is 3.43. The molecule has 1 atom stereocenters. The molecule has 0 fully saturated rings. The number of aromatic nitrogens is 1. The molecular formula is C17H18N2O3. The normalized spacial score (nSPS) is 11.5. The first-order chi connectivity index (χ1) is 10.6. The van der Waals surface area contributed by atoms with Crippen LogP contribution in [0.25, 0.3) is 0 Å². The second kappa shape index (κ2) is 7.36. The Bertz CT molecular complexity index is 656. The van der Waals surface area contributed by atoms with Gasteiger partial charge in [-0.2, -0.15) is 0 Å². The minimum Gasteiger partial charge on any atom is -0.467 e. The molecule has 2 rings (SSSR count). The molecule has 0 radical (unpaired) electrons. The highest BCUT2D eigenvalue weighted by atomic mass is 16.5. The highest BCUT2D eigenvalue weighted by Gasteiger charge is 2.23. The molecule has 5 nitrogen and oxygen atoms in total. The molecule has 0 unspecified atom stereocenters. The van der Waals surface area contributed by atoms with Crippen molar-refractivity contribution >= 4 is 11.9 Å². The molecular weight excluding hydrogens is 280 g/mol. The Kier molecular flexibility index (Phi) is 5.25. The van der Waals surface area contributed by atoms with Crippen LogP contribution in [-0.4, -0.2) is 24.0 Å². The van der Waals surface area contributed by atoms with Gasteiger partial charge in [-0.3, -0.25) is 9.78 Å². The average Bonchev–Trinajstić information content (AvgIpc) is 2.53. The van der Waals surface area contributed by atoms with Crippen LogP contribution in [0.15, 0.2) is 48.8 Å². The summed E-state index contributed by atoms with van der Waals surface area (Å²) >= 11 is 0.